The zero-order valence-corrected chi connectivity index (χ0v) is 21.9. The number of piperazine rings is 1. The van der Waals surface area contributed by atoms with Gasteiger partial charge in [0, 0.05) is 32.2 Å². The number of aliphatic hydroxyl groups excluding tert-OH is 1. The first kappa shape index (κ1) is 28.5. The summed E-state index contributed by atoms with van der Waals surface area (Å²) in [6, 6.07) is 6.18. The van der Waals surface area contributed by atoms with Gasteiger partial charge in [-0.3, -0.25) is 9.69 Å². The van der Waals surface area contributed by atoms with Crippen LogP contribution in [-0.4, -0.2) is 111 Å². The molecule has 1 N–H and O–H groups in total. The largest absolute Gasteiger partial charge is 1.00 e. The number of carbonyl (C=O) groups is 2. The average molecular weight is 542 g/mol. The molecule has 0 unspecified atom stereocenters. The molecular formula is C24H33ClFN5O6. The molecule has 13 heteroatoms. The monoisotopic (exact) mass is 541 g/mol. The van der Waals surface area contributed by atoms with E-state index in [1.807, 2.05) is 26.0 Å². The summed E-state index contributed by atoms with van der Waals surface area (Å²) in [6.07, 6.45) is -0.345. The fourth-order valence-electron chi connectivity index (χ4n) is 4.42. The maximum atomic E-state index is 15.1. The number of ether oxygens (including phenoxy) is 2. The number of carbonyl (C=O) groups excluding carboxylic acids is 2. The van der Waals surface area contributed by atoms with Crippen molar-refractivity contribution in [3.05, 3.63) is 36.3 Å². The zero-order chi connectivity index (χ0) is 25.9. The van der Waals surface area contributed by atoms with Gasteiger partial charge < -0.3 is 45.8 Å². The molecule has 0 spiro atoms. The summed E-state index contributed by atoms with van der Waals surface area (Å²) >= 11 is 0. The molecular weight excluding hydrogens is 509 g/mol. The van der Waals surface area contributed by atoms with Crippen LogP contribution < -0.4 is 26.9 Å². The second-order valence-electron chi connectivity index (χ2n) is 10.1. The van der Waals surface area contributed by atoms with Crippen LogP contribution in [0.4, 0.5) is 20.6 Å². The lowest BCUT2D eigenvalue weighted by atomic mass is 10.1. The quantitative estimate of drug-likeness (QED) is 0.375. The Labute approximate surface area is 221 Å². The van der Waals surface area contributed by atoms with Crippen LogP contribution in [-0.2, 0) is 9.53 Å². The molecule has 2 saturated heterocycles. The number of halogens is 2. The minimum absolute atomic E-state index is 0. The molecule has 2 fully saturated rings. The van der Waals surface area contributed by atoms with E-state index in [1.165, 1.54) is 17.2 Å². The van der Waals surface area contributed by atoms with Crippen LogP contribution in [0, 0.1) is 5.82 Å². The summed E-state index contributed by atoms with van der Waals surface area (Å²) in [4.78, 5) is 29.8. The highest BCUT2D eigenvalue weighted by atomic mass is 35.5. The number of rotatable bonds is 9. The molecule has 1 aromatic heterocycles. The van der Waals surface area contributed by atoms with Gasteiger partial charge in [-0.05, 0) is 23.4 Å². The van der Waals surface area contributed by atoms with E-state index >= 15 is 4.39 Å². The maximum Gasteiger partial charge on any atom is 0.414 e. The molecule has 37 heavy (non-hydrogen) atoms. The maximum absolute atomic E-state index is 15.1. The summed E-state index contributed by atoms with van der Waals surface area (Å²) in [5.41, 5.74) is 0.805. The Bertz CT molecular complexity index is 1060. The SMILES string of the molecule is C[N+](C)(C)C[C@H](O)CC(=O)N1CCN(c2ccc(N3C[C@H](COc4ccon4)OC3=O)cc2F)CC1.[Cl-]. The zero-order valence-electron chi connectivity index (χ0n) is 21.2. The van der Waals surface area contributed by atoms with Crippen molar-refractivity contribution in [2.24, 2.45) is 0 Å². The number of nitrogens with zero attached hydrogens (tertiary/aromatic N) is 5. The lowest BCUT2D eigenvalue weighted by Crippen LogP contribution is -3.00. The average Bonchev–Trinajstić information content (AvgIpc) is 3.46. The summed E-state index contributed by atoms with van der Waals surface area (Å²) in [6.45, 7) is 2.65. The van der Waals surface area contributed by atoms with Gasteiger partial charge in [0.15, 0.2) is 6.10 Å². The van der Waals surface area contributed by atoms with Crippen LogP contribution in [0.2, 0.25) is 0 Å². The van der Waals surface area contributed by atoms with Crippen molar-refractivity contribution in [2.75, 3.05) is 76.8 Å². The van der Waals surface area contributed by atoms with Crippen molar-refractivity contribution in [1.82, 2.24) is 10.1 Å². The Kier molecular flexibility index (Phi) is 9.21. The molecule has 4 rings (SSSR count). The molecule has 204 valence electrons. The van der Waals surface area contributed by atoms with Crippen LogP contribution >= 0.6 is 0 Å². The molecule has 2 aliphatic rings. The van der Waals surface area contributed by atoms with Gasteiger partial charge in [0.1, 0.15) is 31.3 Å². The van der Waals surface area contributed by atoms with Crippen molar-refractivity contribution in [1.29, 1.82) is 0 Å². The predicted octanol–water partition coefficient (Wildman–Crippen LogP) is -1.67. The van der Waals surface area contributed by atoms with E-state index in [0.717, 1.165) is 0 Å². The second-order valence-corrected chi connectivity index (χ2v) is 10.1. The van der Waals surface area contributed by atoms with E-state index in [0.29, 0.717) is 54.5 Å². The van der Waals surface area contributed by atoms with Gasteiger partial charge in [-0.1, -0.05) is 0 Å². The molecule has 0 aliphatic carbocycles. The fourth-order valence-corrected chi connectivity index (χ4v) is 4.42. The first-order valence-corrected chi connectivity index (χ1v) is 11.9. The number of likely N-dealkylation sites (N-methyl/N-ethyl adjacent to an activating group) is 1. The summed E-state index contributed by atoms with van der Waals surface area (Å²) in [5, 5.41) is 13.8. The van der Waals surface area contributed by atoms with Gasteiger partial charge >= 0.3 is 6.09 Å². The molecule has 11 nitrogen and oxygen atoms in total. The van der Waals surface area contributed by atoms with E-state index < -0.39 is 24.1 Å². The first-order valence-electron chi connectivity index (χ1n) is 11.9. The number of aromatic nitrogens is 1. The fraction of sp³-hybridized carbons (Fsp3) is 0.542. The molecule has 0 saturated carbocycles. The molecule has 2 amide bonds. The predicted molar refractivity (Wildman–Crippen MR) is 128 cm³/mol. The van der Waals surface area contributed by atoms with Crippen LogP contribution in [0.5, 0.6) is 5.88 Å². The minimum Gasteiger partial charge on any atom is -1.00 e. The highest BCUT2D eigenvalue weighted by molar-refractivity contribution is 5.90. The lowest BCUT2D eigenvalue weighted by molar-refractivity contribution is -0.873. The third-order valence-corrected chi connectivity index (χ3v) is 6.09. The standard InChI is InChI=1S/C24H33FN5O6.ClH/c1-30(2,3)15-18(31)13-23(32)28-9-7-27(8-10-28)21-5-4-17(12-20(21)25)29-14-19(36-24(29)33)16-34-22-6-11-35-26-22;/h4-6,11-12,18-19,31H,7-10,13-16H2,1-3H3;1H/q+1;/p-1/t18-,19-;/m1./s1. The van der Waals surface area contributed by atoms with E-state index in [2.05, 4.69) is 5.16 Å². The Hall–Kier alpha value is -3.09. The third-order valence-electron chi connectivity index (χ3n) is 6.09. The Balaban J connectivity index is 0.00000380. The number of benzene rings is 1. The number of cyclic esters (lactones) is 1. The van der Waals surface area contributed by atoms with E-state index in [-0.39, 0.29) is 37.9 Å². The third kappa shape index (κ3) is 7.46. The number of anilines is 2. The van der Waals surface area contributed by atoms with Crippen molar-refractivity contribution < 1.29 is 50.0 Å². The molecule has 3 heterocycles. The number of aliphatic hydroxyl groups is 1. The van der Waals surface area contributed by atoms with E-state index in [9.17, 15) is 14.7 Å². The van der Waals surface area contributed by atoms with Crippen LogP contribution in [0.1, 0.15) is 6.42 Å². The van der Waals surface area contributed by atoms with Crippen LogP contribution in [0.25, 0.3) is 0 Å². The topological polar surface area (TPSA) is 109 Å². The Morgan fingerprint density at radius 3 is 2.59 bits per heavy atom. The van der Waals surface area contributed by atoms with Gasteiger partial charge in [0.2, 0.25) is 5.91 Å². The van der Waals surface area contributed by atoms with Crippen molar-refractivity contribution >= 4 is 23.4 Å². The number of hydrogen-bond acceptors (Lipinski definition) is 8. The summed E-state index contributed by atoms with van der Waals surface area (Å²) in [5.74, 6) is -0.260. The van der Waals surface area contributed by atoms with Gasteiger partial charge in [-0.25, -0.2) is 9.18 Å². The molecule has 0 bridgehead atoms. The smallest absolute Gasteiger partial charge is 0.414 e. The Morgan fingerprint density at radius 2 is 1.97 bits per heavy atom. The minimum atomic E-state index is -0.703. The highest BCUT2D eigenvalue weighted by Crippen LogP contribution is 2.29. The summed E-state index contributed by atoms with van der Waals surface area (Å²) < 4.78 is 31.1. The number of amides is 2. The normalized spacial score (nSPS) is 18.9. The van der Waals surface area contributed by atoms with E-state index in [4.69, 9.17) is 14.0 Å². The summed E-state index contributed by atoms with van der Waals surface area (Å²) in [7, 11) is 5.89. The molecule has 1 aromatic carbocycles. The first-order chi connectivity index (χ1) is 17.1. The van der Waals surface area contributed by atoms with Gasteiger partial charge in [-0.2, -0.15) is 0 Å². The molecule has 2 aliphatic heterocycles. The lowest BCUT2D eigenvalue weighted by Gasteiger charge is -2.37. The number of quaternary nitrogens is 1. The molecule has 0 radical (unpaired) electrons. The van der Waals surface area contributed by atoms with Gasteiger partial charge in [-0.15, -0.1) is 0 Å². The van der Waals surface area contributed by atoms with Crippen LogP contribution in [0.15, 0.2) is 35.1 Å². The Morgan fingerprint density at radius 1 is 1.24 bits per heavy atom. The highest BCUT2D eigenvalue weighted by Gasteiger charge is 2.34. The van der Waals surface area contributed by atoms with Crippen molar-refractivity contribution in [3.8, 4) is 5.88 Å². The van der Waals surface area contributed by atoms with Crippen LogP contribution in [0.3, 0.4) is 0 Å². The molecule has 2 aromatic rings. The van der Waals surface area contributed by atoms with Gasteiger partial charge in [0.25, 0.3) is 5.88 Å². The number of hydrogen-bond donors (Lipinski definition) is 1. The van der Waals surface area contributed by atoms with Gasteiger partial charge in [0.05, 0.1) is 45.5 Å². The van der Waals surface area contributed by atoms with Crippen molar-refractivity contribution in [3.63, 3.8) is 0 Å². The van der Waals surface area contributed by atoms with Crippen molar-refractivity contribution in [2.45, 2.75) is 18.6 Å². The van der Waals surface area contributed by atoms with E-state index in [1.54, 1.807) is 23.1 Å². The molecule has 2 atom stereocenters. The second kappa shape index (κ2) is 12.0.